The molecule has 1 rings (SSSR count). The minimum atomic E-state index is -4.41. The van der Waals surface area contributed by atoms with E-state index in [-0.39, 0.29) is 16.8 Å². The highest BCUT2D eigenvalue weighted by Crippen LogP contribution is 2.37. The van der Waals surface area contributed by atoms with E-state index in [1.165, 1.54) is 12.1 Å². The van der Waals surface area contributed by atoms with Gasteiger partial charge < -0.3 is 5.32 Å². The molecule has 0 bridgehead atoms. The molecule has 0 radical (unpaired) electrons. The molecule has 0 aliphatic carbocycles. The summed E-state index contributed by atoms with van der Waals surface area (Å²) in [4.78, 5) is 0. The molecule has 21 heavy (non-hydrogen) atoms. The van der Waals surface area contributed by atoms with Gasteiger partial charge in [0.1, 0.15) is 0 Å². The lowest BCUT2D eigenvalue weighted by Crippen LogP contribution is -2.25. The van der Waals surface area contributed by atoms with Gasteiger partial charge in [0.05, 0.1) is 5.56 Å². The van der Waals surface area contributed by atoms with Crippen LogP contribution in [0, 0.1) is 11.8 Å². The second-order valence-electron chi connectivity index (χ2n) is 6.29. The first-order chi connectivity index (χ1) is 9.59. The molecule has 1 N–H and O–H groups in total. The van der Waals surface area contributed by atoms with Gasteiger partial charge in [-0.05, 0) is 42.9 Å². The van der Waals surface area contributed by atoms with Crippen LogP contribution in [-0.2, 0) is 6.18 Å². The van der Waals surface area contributed by atoms with Crippen molar-refractivity contribution < 1.29 is 13.2 Å². The predicted octanol–water partition coefficient (Wildman–Crippen LogP) is 6.23. The summed E-state index contributed by atoms with van der Waals surface area (Å²) < 4.78 is 39.3. The lowest BCUT2D eigenvalue weighted by molar-refractivity contribution is -0.137. The maximum atomic E-state index is 13.1. The van der Waals surface area contributed by atoms with E-state index in [1.807, 2.05) is 0 Å². The maximum absolute atomic E-state index is 13.1. The molecule has 0 saturated carbocycles. The Kier molecular flexibility index (Phi) is 6.39. The van der Waals surface area contributed by atoms with Crippen LogP contribution < -0.4 is 5.32 Å². The zero-order valence-electron chi connectivity index (χ0n) is 12.9. The van der Waals surface area contributed by atoms with Crippen molar-refractivity contribution in [3.63, 3.8) is 0 Å². The Bertz CT molecular complexity index is 445. The lowest BCUT2D eigenvalue weighted by Gasteiger charge is -2.25. The number of alkyl halides is 3. The third-order valence-electron chi connectivity index (χ3n) is 3.16. The molecule has 5 heteroatoms. The molecule has 0 aromatic heterocycles. The van der Waals surface area contributed by atoms with Crippen molar-refractivity contribution in [2.45, 2.75) is 52.8 Å². The highest BCUT2D eigenvalue weighted by molar-refractivity contribution is 6.30. The minimum absolute atomic E-state index is 0.0206. The number of hydrogen-bond acceptors (Lipinski definition) is 1. The molecular weight excluding hydrogens is 299 g/mol. The van der Waals surface area contributed by atoms with E-state index in [2.05, 4.69) is 33.0 Å². The average Bonchev–Trinajstić information content (AvgIpc) is 2.28. The molecule has 1 aromatic rings. The van der Waals surface area contributed by atoms with E-state index in [0.29, 0.717) is 11.8 Å². The molecule has 0 amide bonds. The summed E-state index contributed by atoms with van der Waals surface area (Å²) in [7, 11) is 0. The summed E-state index contributed by atoms with van der Waals surface area (Å²) >= 11 is 5.70. The Labute approximate surface area is 129 Å². The average molecular weight is 322 g/mol. The molecule has 0 fully saturated rings. The van der Waals surface area contributed by atoms with Gasteiger partial charge in [-0.15, -0.1) is 0 Å². The van der Waals surface area contributed by atoms with Crippen molar-refractivity contribution in [2.24, 2.45) is 11.8 Å². The molecule has 0 aliphatic rings. The molecule has 0 atom stereocenters. The molecule has 0 heterocycles. The third-order valence-corrected chi connectivity index (χ3v) is 3.39. The molecule has 1 nitrogen and oxygen atoms in total. The molecule has 0 spiro atoms. The standard InChI is InChI=1S/C16H23ClF3N/c1-10(2)7-13(8-11(3)4)21-15-6-5-12(17)9-14(15)16(18,19)20/h5-6,9-11,13,21H,7-8H2,1-4H3. The Hall–Kier alpha value is -0.900. The zero-order valence-corrected chi connectivity index (χ0v) is 13.6. The molecule has 0 aliphatic heterocycles. The monoisotopic (exact) mass is 321 g/mol. The van der Waals surface area contributed by atoms with Gasteiger partial charge in [0, 0.05) is 16.8 Å². The summed E-state index contributed by atoms with van der Waals surface area (Å²) in [6, 6.07) is 3.90. The predicted molar refractivity (Wildman–Crippen MR) is 82.8 cm³/mol. The van der Waals surface area contributed by atoms with Gasteiger partial charge in [-0.25, -0.2) is 0 Å². The van der Waals surface area contributed by atoms with Crippen LogP contribution in [0.25, 0.3) is 0 Å². The van der Waals surface area contributed by atoms with E-state index >= 15 is 0 Å². The third kappa shape index (κ3) is 6.16. The second kappa shape index (κ2) is 7.39. The van der Waals surface area contributed by atoms with Crippen LogP contribution in [0.1, 0.15) is 46.1 Å². The van der Waals surface area contributed by atoms with E-state index in [9.17, 15) is 13.2 Å². The zero-order chi connectivity index (χ0) is 16.2. The molecular formula is C16H23ClF3N. The molecule has 0 saturated heterocycles. The van der Waals surface area contributed by atoms with Crippen molar-refractivity contribution >= 4 is 17.3 Å². The minimum Gasteiger partial charge on any atom is -0.382 e. The Morgan fingerprint density at radius 1 is 1.05 bits per heavy atom. The van der Waals surface area contributed by atoms with Crippen molar-refractivity contribution in [2.75, 3.05) is 5.32 Å². The number of anilines is 1. The van der Waals surface area contributed by atoms with E-state index in [0.717, 1.165) is 18.9 Å². The van der Waals surface area contributed by atoms with Gasteiger partial charge in [-0.2, -0.15) is 13.2 Å². The second-order valence-corrected chi connectivity index (χ2v) is 6.72. The first kappa shape index (κ1) is 18.1. The highest BCUT2D eigenvalue weighted by atomic mass is 35.5. The van der Waals surface area contributed by atoms with Crippen molar-refractivity contribution in [1.29, 1.82) is 0 Å². The molecule has 0 unspecified atom stereocenters. The number of hydrogen-bond donors (Lipinski definition) is 1. The Balaban J connectivity index is 3.02. The largest absolute Gasteiger partial charge is 0.418 e. The van der Waals surface area contributed by atoms with Crippen LogP contribution in [0.5, 0.6) is 0 Å². The van der Waals surface area contributed by atoms with Crippen LogP contribution in [0.2, 0.25) is 5.02 Å². The van der Waals surface area contributed by atoms with Gasteiger partial charge in [0.2, 0.25) is 0 Å². The van der Waals surface area contributed by atoms with Crippen molar-refractivity contribution in [3.05, 3.63) is 28.8 Å². The van der Waals surface area contributed by atoms with E-state index in [1.54, 1.807) is 0 Å². The van der Waals surface area contributed by atoms with Crippen LogP contribution >= 0.6 is 11.6 Å². The molecule has 120 valence electrons. The topological polar surface area (TPSA) is 12.0 Å². The Morgan fingerprint density at radius 2 is 1.57 bits per heavy atom. The normalized spacial score (nSPS) is 12.5. The fourth-order valence-corrected chi connectivity index (χ4v) is 2.62. The first-order valence-corrected chi connectivity index (χ1v) is 7.60. The summed E-state index contributed by atoms with van der Waals surface area (Å²) in [6.45, 7) is 8.28. The number of rotatable bonds is 6. The fraction of sp³-hybridized carbons (Fsp3) is 0.625. The maximum Gasteiger partial charge on any atom is 0.418 e. The highest BCUT2D eigenvalue weighted by Gasteiger charge is 2.34. The lowest BCUT2D eigenvalue weighted by atomic mass is 9.95. The van der Waals surface area contributed by atoms with Gasteiger partial charge in [0.25, 0.3) is 0 Å². The van der Waals surface area contributed by atoms with E-state index < -0.39 is 11.7 Å². The molecule has 1 aromatic carbocycles. The van der Waals surface area contributed by atoms with Crippen LogP contribution in [0.15, 0.2) is 18.2 Å². The van der Waals surface area contributed by atoms with E-state index in [4.69, 9.17) is 11.6 Å². The number of benzene rings is 1. The van der Waals surface area contributed by atoms with Gasteiger partial charge in [0.15, 0.2) is 0 Å². The fourth-order valence-electron chi connectivity index (χ4n) is 2.45. The summed E-state index contributed by atoms with van der Waals surface area (Å²) in [5, 5.41) is 3.16. The number of halogens is 4. The quantitative estimate of drug-likeness (QED) is 0.654. The van der Waals surface area contributed by atoms with Gasteiger partial charge in [-0.1, -0.05) is 39.3 Å². The first-order valence-electron chi connectivity index (χ1n) is 7.23. The SMILES string of the molecule is CC(C)CC(CC(C)C)Nc1ccc(Cl)cc1C(F)(F)F. The summed E-state index contributed by atoms with van der Waals surface area (Å²) in [5.41, 5.74) is -0.592. The van der Waals surface area contributed by atoms with Crippen LogP contribution in [0.3, 0.4) is 0 Å². The van der Waals surface area contributed by atoms with Crippen LogP contribution in [-0.4, -0.2) is 6.04 Å². The van der Waals surface area contributed by atoms with Gasteiger partial charge >= 0.3 is 6.18 Å². The van der Waals surface area contributed by atoms with Crippen LogP contribution in [0.4, 0.5) is 18.9 Å². The van der Waals surface area contributed by atoms with Gasteiger partial charge in [-0.3, -0.25) is 0 Å². The smallest absolute Gasteiger partial charge is 0.382 e. The summed E-state index contributed by atoms with van der Waals surface area (Å²) in [5.74, 6) is 0.839. The summed E-state index contributed by atoms with van der Waals surface area (Å²) in [6.07, 6.45) is -2.75. The Morgan fingerprint density at radius 3 is 2.00 bits per heavy atom. The van der Waals surface area contributed by atoms with Crippen molar-refractivity contribution in [1.82, 2.24) is 0 Å². The van der Waals surface area contributed by atoms with Crippen molar-refractivity contribution in [3.8, 4) is 0 Å². The number of nitrogens with one attached hydrogen (secondary N) is 1.